The Bertz CT molecular complexity index is 284. The van der Waals surface area contributed by atoms with E-state index in [-0.39, 0.29) is 0 Å². The number of carbonyl (C=O) groups is 1. The molecule has 0 saturated heterocycles. The lowest BCUT2D eigenvalue weighted by Gasteiger charge is -2.27. The van der Waals surface area contributed by atoms with Gasteiger partial charge in [0, 0.05) is 12.7 Å². The Morgan fingerprint density at radius 1 is 1.38 bits per heavy atom. The van der Waals surface area contributed by atoms with Crippen LogP contribution in [0.1, 0.15) is 6.92 Å². The fourth-order valence-electron chi connectivity index (χ4n) is 1.04. The first-order valence-corrected chi connectivity index (χ1v) is 4.11. The van der Waals surface area contributed by atoms with E-state index in [1.807, 2.05) is 30.3 Å². The molecular formula is C10H12NO2-. The topological polar surface area (TPSA) is 43.4 Å². The summed E-state index contributed by atoms with van der Waals surface area (Å²) in [6.45, 7) is 1.60. The zero-order chi connectivity index (χ0) is 9.84. The van der Waals surface area contributed by atoms with Crippen LogP contribution in [-0.2, 0) is 4.79 Å². The van der Waals surface area contributed by atoms with Crippen molar-refractivity contribution in [3.8, 4) is 0 Å². The van der Waals surface area contributed by atoms with Crippen LogP contribution in [0.2, 0.25) is 0 Å². The van der Waals surface area contributed by atoms with Crippen LogP contribution in [-0.4, -0.2) is 19.1 Å². The SMILES string of the molecule is CC(C(=O)[O-])N(C)c1ccccc1. The third kappa shape index (κ3) is 2.21. The summed E-state index contributed by atoms with van der Waals surface area (Å²) >= 11 is 0. The van der Waals surface area contributed by atoms with E-state index in [0.29, 0.717) is 0 Å². The highest BCUT2D eigenvalue weighted by Gasteiger charge is 2.09. The van der Waals surface area contributed by atoms with Crippen molar-refractivity contribution in [1.82, 2.24) is 0 Å². The van der Waals surface area contributed by atoms with Gasteiger partial charge in [0.05, 0.1) is 12.0 Å². The Morgan fingerprint density at radius 2 is 1.92 bits per heavy atom. The number of aliphatic carboxylic acids is 1. The number of benzene rings is 1. The molecular weight excluding hydrogens is 166 g/mol. The molecule has 1 aromatic carbocycles. The zero-order valence-electron chi connectivity index (χ0n) is 7.73. The van der Waals surface area contributed by atoms with Gasteiger partial charge in [-0.15, -0.1) is 0 Å². The molecule has 0 radical (unpaired) electrons. The van der Waals surface area contributed by atoms with Crippen molar-refractivity contribution < 1.29 is 9.90 Å². The molecule has 0 amide bonds. The maximum absolute atomic E-state index is 10.6. The minimum Gasteiger partial charge on any atom is -0.548 e. The number of nitrogens with zero attached hydrogens (tertiary/aromatic N) is 1. The second-order valence-corrected chi connectivity index (χ2v) is 2.94. The first kappa shape index (κ1) is 9.58. The molecule has 0 aliphatic carbocycles. The lowest BCUT2D eigenvalue weighted by atomic mass is 10.2. The van der Waals surface area contributed by atoms with Crippen LogP contribution in [0.3, 0.4) is 0 Å². The molecule has 0 fully saturated rings. The van der Waals surface area contributed by atoms with E-state index >= 15 is 0 Å². The smallest absolute Gasteiger partial charge is 0.0655 e. The number of carbonyl (C=O) groups excluding carboxylic acids is 1. The molecule has 0 aliphatic heterocycles. The average molecular weight is 178 g/mol. The van der Waals surface area contributed by atoms with Crippen molar-refractivity contribution in [3.63, 3.8) is 0 Å². The number of carboxylic acid groups (broad SMARTS) is 1. The summed E-state index contributed by atoms with van der Waals surface area (Å²) < 4.78 is 0. The van der Waals surface area contributed by atoms with Gasteiger partial charge in [-0.2, -0.15) is 0 Å². The Morgan fingerprint density at radius 3 is 2.38 bits per heavy atom. The highest BCUT2D eigenvalue weighted by Crippen LogP contribution is 2.13. The molecule has 0 spiro atoms. The Balaban J connectivity index is 2.79. The van der Waals surface area contributed by atoms with Crippen molar-refractivity contribution in [2.45, 2.75) is 13.0 Å². The quantitative estimate of drug-likeness (QED) is 0.667. The van der Waals surface area contributed by atoms with E-state index in [4.69, 9.17) is 0 Å². The molecule has 0 aliphatic rings. The predicted octanol–water partition coefficient (Wildman–Crippen LogP) is 0.261. The molecule has 1 atom stereocenters. The summed E-state index contributed by atoms with van der Waals surface area (Å²) in [5.74, 6) is -1.06. The number of carboxylic acids is 1. The summed E-state index contributed by atoms with van der Waals surface area (Å²) in [4.78, 5) is 12.2. The van der Waals surface area contributed by atoms with Gasteiger partial charge in [-0.25, -0.2) is 0 Å². The summed E-state index contributed by atoms with van der Waals surface area (Å²) in [5, 5.41) is 10.6. The summed E-state index contributed by atoms with van der Waals surface area (Å²) in [5.41, 5.74) is 0.874. The summed E-state index contributed by atoms with van der Waals surface area (Å²) in [7, 11) is 1.73. The molecule has 1 aromatic rings. The molecule has 70 valence electrons. The van der Waals surface area contributed by atoms with E-state index in [0.717, 1.165) is 5.69 Å². The molecule has 3 nitrogen and oxygen atoms in total. The minimum absolute atomic E-state index is 0.609. The second-order valence-electron chi connectivity index (χ2n) is 2.94. The van der Waals surface area contributed by atoms with Crippen LogP contribution in [0.4, 0.5) is 5.69 Å². The Kier molecular flexibility index (Phi) is 2.90. The number of para-hydroxylation sites is 1. The fourth-order valence-corrected chi connectivity index (χ4v) is 1.04. The third-order valence-electron chi connectivity index (χ3n) is 2.09. The maximum Gasteiger partial charge on any atom is 0.0655 e. The van der Waals surface area contributed by atoms with Gasteiger partial charge in [0.1, 0.15) is 0 Å². The van der Waals surface area contributed by atoms with Gasteiger partial charge in [0.2, 0.25) is 0 Å². The molecule has 1 unspecified atom stereocenters. The van der Waals surface area contributed by atoms with Crippen molar-refractivity contribution in [3.05, 3.63) is 30.3 Å². The van der Waals surface area contributed by atoms with Crippen molar-refractivity contribution in [2.75, 3.05) is 11.9 Å². The molecule has 13 heavy (non-hydrogen) atoms. The van der Waals surface area contributed by atoms with E-state index in [1.54, 1.807) is 18.9 Å². The van der Waals surface area contributed by atoms with Crippen LogP contribution >= 0.6 is 0 Å². The number of rotatable bonds is 3. The van der Waals surface area contributed by atoms with E-state index in [2.05, 4.69) is 0 Å². The van der Waals surface area contributed by atoms with Gasteiger partial charge >= 0.3 is 0 Å². The van der Waals surface area contributed by atoms with Gasteiger partial charge in [0.25, 0.3) is 0 Å². The number of likely N-dealkylation sites (N-methyl/N-ethyl adjacent to an activating group) is 1. The van der Waals surface area contributed by atoms with Crippen molar-refractivity contribution in [1.29, 1.82) is 0 Å². The van der Waals surface area contributed by atoms with Crippen LogP contribution < -0.4 is 10.0 Å². The van der Waals surface area contributed by atoms with E-state index in [9.17, 15) is 9.90 Å². The largest absolute Gasteiger partial charge is 0.548 e. The van der Waals surface area contributed by atoms with Crippen molar-refractivity contribution >= 4 is 11.7 Å². The van der Waals surface area contributed by atoms with Crippen molar-refractivity contribution in [2.24, 2.45) is 0 Å². The van der Waals surface area contributed by atoms with E-state index < -0.39 is 12.0 Å². The molecule has 0 saturated carbocycles. The number of hydrogen-bond donors (Lipinski definition) is 0. The van der Waals surface area contributed by atoms with Gasteiger partial charge in [-0.05, 0) is 19.1 Å². The first-order valence-electron chi connectivity index (χ1n) is 4.11. The van der Waals surface area contributed by atoms with Gasteiger partial charge in [-0.3, -0.25) is 0 Å². The van der Waals surface area contributed by atoms with Gasteiger partial charge in [-0.1, -0.05) is 18.2 Å². The average Bonchev–Trinajstić information content (AvgIpc) is 2.17. The molecule has 0 N–H and O–H groups in total. The minimum atomic E-state index is -1.06. The monoisotopic (exact) mass is 178 g/mol. The third-order valence-corrected chi connectivity index (χ3v) is 2.09. The molecule has 0 heterocycles. The van der Waals surface area contributed by atoms with Crippen LogP contribution in [0.15, 0.2) is 30.3 Å². The maximum atomic E-state index is 10.6. The molecule has 3 heteroatoms. The van der Waals surface area contributed by atoms with Gasteiger partial charge in [0.15, 0.2) is 0 Å². The molecule has 0 bridgehead atoms. The molecule has 1 rings (SSSR count). The predicted molar refractivity (Wildman–Crippen MR) is 49.3 cm³/mol. The molecule has 0 aromatic heterocycles. The van der Waals surface area contributed by atoms with Gasteiger partial charge < -0.3 is 14.8 Å². The first-order chi connectivity index (χ1) is 6.13. The van der Waals surface area contributed by atoms with Crippen LogP contribution in [0.5, 0.6) is 0 Å². The highest BCUT2D eigenvalue weighted by molar-refractivity contribution is 5.75. The summed E-state index contributed by atoms with van der Waals surface area (Å²) in [6, 6.07) is 8.74. The van der Waals surface area contributed by atoms with Crippen LogP contribution in [0.25, 0.3) is 0 Å². The summed E-state index contributed by atoms with van der Waals surface area (Å²) in [6.07, 6.45) is 0. The Labute approximate surface area is 77.6 Å². The number of anilines is 1. The normalized spacial score (nSPS) is 12.2. The standard InChI is InChI=1S/C10H13NO2/c1-8(10(12)13)11(2)9-6-4-3-5-7-9/h3-8H,1-2H3,(H,12,13)/p-1. The lowest BCUT2D eigenvalue weighted by Crippen LogP contribution is -2.44. The zero-order valence-corrected chi connectivity index (χ0v) is 7.73. The fraction of sp³-hybridized carbons (Fsp3) is 0.300. The van der Waals surface area contributed by atoms with Crippen LogP contribution in [0, 0.1) is 0 Å². The Hall–Kier alpha value is -1.51. The lowest BCUT2D eigenvalue weighted by molar-refractivity contribution is -0.306. The highest BCUT2D eigenvalue weighted by atomic mass is 16.4. The second kappa shape index (κ2) is 3.94. The number of hydrogen-bond acceptors (Lipinski definition) is 3. The van der Waals surface area contributed by atoms with E-state index in [1.165, 1.54) is 0 Å².